The second-order valence-corrected chi connectivity index (χ2v) is 11.6. The van der Waals surface area contributed by atoms with Crippen molar-refractivity contribution in [1.82, 2.24) is 0 Å². The topological polar surface area (TPSA) is 32.8 Å². The Kier molecular flexibility index (Phi) is 3.80. The highest BCUT2D eigenvalue weighted by Gasteiger charge is 2.67. The molecule has 0 aromatic heterocycles. The smallest absolute Gasteiger partial charge is 0.0944 e. The van der Waals surface area contributed by atoms with Gasteiger partial charge < -0.3 is 9.84 Å². The molecule has 4 aliphatic carbocycles. The zero-order valence-electron chi connectivity index (χ0n) is 17.5. The third kappa shape index (κ3) is 2.12. The molecule has 1 saturated heterocycles. The molecule has 1 heterocycles. The van der Waals surface area contributed by atoms with Crippen molar-refractivity contribution in [2.75, 3.05) is 6.61 Å². The van der Waals surface area contributed by atoms with Gasteiger partial charge in [-0.2, -0.15) is 0 Å². The molecule has 1 spiro atoms. The van der Waals surface area contributed by atoms with Crippen LogP contribution in [0.15, 0.2) is 0 Å². The Morgan fingerprint density at radius 3 is 2.42 bits per heavy atom. The molecule has 0 amide bonds. The van der Waals surface area contributed by atoms with Gasteiger partial charge in [-0.05, 0) is 98.2 Å². The molecule has 2 nitrogen and oxygen atoms in total. The zero-order valence-corrected chi connectivity index (χ0v) is 17.5. The van der Waals surface area contributed by atoms with Crippen molar-refractivity contribution >= 4 is 0 Å². The van der Waals surface area contributed by atoms with Gasteiger partial charge in [0.05, 0.1) is 17.8 Å². The number of hydrogen-bond acceptors (Lipinski definition) is 2. The van der Waals surface area contributed by atoms with Crippen LogP contribution >= 0.6 is 0 Å². The first-order valence-electron chi connectivity index (χ1n) is 11.6. The second kappa shape index (κ2) is 5.50. The molecule has 2 heteroatoms. The van der Waals surface area contributed by atoms with E-state index in [2.05, 4.69) is 27.7 Å². The van der Waals surface area contributed by atoms with E-state index in [1.807, 2.05) is 0 Å². The molecule has 1 aliphatic heterocycles. The van der Waals surface area contributed by atoms with Gasteiger partial charge in [-0.25, -0.2) is 0 Å². The molecule has 0 aromatic rings. The van der Waals surface area contributed by atoms with Crippen molar-refractivity contribution in [3.05, 3.63) is 0 Å². The van der Waals surface area contributed by atoms with Gasteiger partial charge in [0.15, 0.2) is 0 Å². The molecule has 26 heavy (non-hydrogen) atoms. The van der Waals surface area contributed by atoms with Crippen LogP contribution in [0.4, 0.5) is 0 Å². The van der Waals surface area contributed by atoms with Gasteiger partial charge in [-0.1, -0.05) is 34.1 Å². The molecule has 9 atom stereocenters. The number of ether oxygens (including phenoxy) is 1. The average Bonchev–Trinajstić information content (AvgIpc) is 3.31. The largest absolute Gasteiger partial charge is 0.389 e. The van der Waals surface area contributed by atoms with E-state index >= 15 is 0 Å². The Bertz CT molecular complexity index is 583. The van der Waals surface area contributed by atoms with E-state index in [-0.39, 0.29) is 16.6 Å². The summed E-state index contributed by atoms with van der Waals surface area (Å²) in [6, 6.07) is 0. The average molecular weight is 361 g/mol. The van der Waals surface area contributed by atoms with Crippen LogP contribution < -0.4 is 0 Å². The molecule has 0 aromatic carbocycles. The summed E-state index contributed by atoms with van der Waals surface area (Å²) in [5.74, 6) is 4.13. The molecule has 0 unspecified atom stereocenters. The zero-order chi connectivity index (χ0) is 18.4. The summed E-state index contributed by atoms with van der Waals surface area (Å²) >= 11 is 0. The molecule has 4 saturated carbocycles. The van der Waals surface area contributed by atoms with Crippen LogP contribution in [0.5, 0.6) is 0 Å². The summed E-state index contributed by atoms with van der Waals surface area (Å²) in [5.41, 5.74) is 0.580. The lowest BCUT2D eigenvalue weighted by Gasteiger charge is -2.62. The number of fused-ring (bicyclic) bond motifs is 5. The normalized spacial score (nSPS) is 61.0. The van der Waals surface area contributed by atoms with Gasteiger partial charge in [0.2, 0.25) is 0 Å². The summed E-state index contributed by atoms with van der Waals surface area (Å²) in [4.78, 5) is 0. The van der Waals surface area contributed by atoms with Crippen molar-refractivity contribution in [2.24, 2.45) is 40.4 Å². The van der Waals surface area contributed by atoms with Gasteiger partial charge in [0, 0.05) is 0 Å². The van der Waals surface area contributed by atoms with E-state index < -0.39 is 0 Å². The van der Waals surface area contributed by atoms with Crippen molar-refractivity contribution in [3.8, 4) is 0 Å². The summed E-state index contributed by atoms with van der Waals surface area (Å²) < 4.78 is 5.99. The van der Waals surface area contributed by atoms with Crippen LogP contribution in [0.1, 0.15) is 91.9 Å². The minimum absolute atomic E-state index is 0.175. The van der Waals surface area contributed by atoms with Crippen LogP contribution in [0.2, 0.25) is 0 Å². The lowest BCUT2D eigenvalue weighted by atomic mass is 9.43. The highest BCUT2D eigenvalue weighted by molar-refractivity contribution is 5.16. The van der Waals surface area contributed by atoms with Crippen LogP contribution in [-0.2, 0) is 4.74 Å². The highest BCUT2D eigenvalue weighted by atomic mass is 16.6. The summed E-state index contributed by atoms with van der Waals surface area (Å²) in [6.07, 6.45) is 12.6. The fourth-order valence-corrected chi connectivity index (χ4v) is 9.08. The fraction of sp³-hybridized carbons (Fsp3) is 1.00. The van der Waals surface area contributed by atoms with E-state index in [4.69, 9.17) is 4.74 Å². The quantitative estimate of drug-likeness (QED) is 0.652. The molecule has 5 fully saturated rings. The van der Waals surface area contributed by atoms with Crippen LogP contribution in [0.3, 0.4) is 0 Å². The van der Waals surface area contributed by atoms with Crippen molar-refractivity contribution < 1.29 is 9.84 Å². The standard InChI is InChI=1S/C24H40O2/c1-5-10-24(25)12-9-20-18-7-6-17-14-23(15-26-23)16(2)13-21(17,3)19(18)8-11-22(20,24)4/h16-20,25H,5-15H2,1-4H3/t16-,17-,18-,19-,20-,21+,22+,23-,24+/m1/s1. The molecule has 0 bridgehead atoms. The maximum atomic E-state index is 11.5. The third-order valence-electron chi connectivity index (χ3n) is 10.8. The van der Waals surface area contributed by atoms with Crippen LogP contribution in [0, 0.1) is 40.4 Å². The Morgan fingerprint density at radius 1 is 1.00 bits per heavy atom. The summed E-state index contributed by atoms with van der Waals surface area (Å²) in [7, 11) is 0. The molecule has 148 valence electrons. The number of epoxide rings is 1. The number of hydrogen-bond donors (Lipinski definition) is 1. The van der Waals surface area contributed by atoms with Crippen LogP contribution in [-0.4, -0.2) is 22.9 Å². The molecule has 5 aliphatic rings. The summed E-state index contributed by atoms with van der Waals surface area (Å²) in [6.45, 7) is 10.8. The minimum atomic E-state index is -0.388. The van der Waals surface area contributed by atoms with E-state index in [0.717, 1.165) is 55.5 Å². The van der Waals surface area contributed by atoms with Crippen LogP contribution in [0.25, 0.3) is 0 Å². The lowest BCUT2D eigenvalue weighted by molar-refractivity contribution is -0.163. The lowest BCUT2D eigenvalue weighted by Crippen LogP contribution is -2.58. The first-order chi connectivity index (χ1) is 12.3. The van der Waals surface area contributed by atoms with Crippen molar-refractivity contribution in [3.63, 3.8) is 0 Å². The third-order valence-corrected chi connectivity index (χ3v) is 10.8. The van der Waals surface area contributed by atoms with E-state index in [9.17, 15) is 5.11 Å². The maximum absolute atomic E-state index is 11.5. The Morgan fingerprint density at radius 2 is 1.73 bits per heavy atom. The van der Waals surface area contributed by atoms with Gasteiger partial charge in [0.1, 0.15) is 0 Å². The first kappa shape index (κ1) is 18.0. The molecule has 5 rings (SSSR count). The predicted octanol–water partition coefficient (Wildman–Crippen LogP) is 5.58. The summed E-state index contributed by atoms with van der Waals surface area (Å²) in [5, 5.41) is 11.5. The highest BCUT2D eigenvalue weighted by Crippen LogP contribution is 2.70. The Hall–Kier alpha value is -0.0800. The second-order valence-electron chi connectivity index (χ2n) is 11.6. The Balaban J connectivity index is 1.43. The minimum Gasteiger partial charge on any atom is -0.389 e. The van der Waals surface area contributed by atoms with E-state index in [0.29, 0.717) is 5.41 Å². The van der Waals surface area contributed by atoms with Gasteiger partial charge in [0.25, 0.3) is 0 Å². The van der Waals surface area contributed by atoms with Gasteiger partial charge in [-0.15, -0.1) is 0 Å². The SMILES string of the molecule is CCC[C@]1(O)CC[C@@H]2[C@@H]3CC[C@@H]4C[C@@]5(CO5)[C@H](C)C[C@]4(C)[C@@H]3CC[C@@]21C. The first-order valence-corrected chi connectivity index (χ1v) is 11.6. The maximum Gasteiger partial charge on any atom is 0.0944 e. The predicted molar refractivity (Wildman–Crippen MR) is 105 cm³/mol. The fourth-order valence-electron chi connectivity index (χ4n) is 9.08. The molecule has 1 N–H and O–H groups in total. The Labute approximate surface area is 160 Å². The van der Waals surface area contributed by atoms with E-state index in [1.165, 1.54) is 44.9 Å². The molecular formula is C24H40O2. The molecule has 0 radical (unpaired) electrons. The van der Waals surface area contributed by atoms with Gasteiger partial charge in [-0.3, -0.25) is 0 Å². The van der Waals surface area contributed by atoms with E-state index in [1.54, 1.807) is 0 Å². The van der Waals surface area contributed by atoms with Gasteiger partial charge >= 0.3 is 0 Å². The van der Waals surface area contributed by atoms with Crippen molar-refractivity contribution in [2.45, 2.75) is 103 Å². The number of rotatable bonds is 2. The monoisotopic (exact) mass is 360 g/mol. The number of aliphatic hydroxyl groups is 1. The van der Waals surface area contributed by atoms with Crippen molar-refractivity contribution in [1.29, 1.82) is 0 Å². The molecular weight excluding hydrogens is 320 g/mol.